The predicted molar refractivity (Wildman–Crippen MR) is 86.3 cm³/mol. The van der Waals surface area contributed by atoms with E-state index in [-0.39, 0.29) is 22.6 Å². The molecule has 1 aliphatic heterocycles. The molecule has 3 aromatic rings. The van der Waals surface area contributed by atoms with E-state index in [4.69, 9.17) is 9.47 Å². The van der Waals surface area contributed by atoms with E-state index in [1.165, 1.54) is 12.1 Å². The summed E-state index contributed by atoms with van der Waals surface area (Å²) in [5.41, 5.74) is -0.825. The summed E-state index contributed by atoms with van der Waals surface area (Å²) in [6.45, 7) is 0. The van der Waals surface area contributed by atoms with Crippen LogP contribution in [0, 0.1) is 11.6 Å². The zero-order valence-corrected chi connectivity index (χ0v) is 14.1. The van der Waals surface area contributed by atoms with Crippen molar-refractivity contribution >= 4 is 12.1 Å². The number of carbonyl (C=O) groups is 1. The normalized spacial score (nSPS) is 13.3. The lowest BCUT2D eigenvalue weighted by atomic mass is 9.97. The zero-order valence-electron chi connectivity index (χ0n) is 14.1. The summed E-state index contributed by atoms with van der Waals surface area (Å²) in [6.07, 6.45) is -6.76. The molecule has 1 aromatic heterocycles. The monoisotopic (exact) mass is 412 g/mol. The highest BCUT2D eigenvalue weighted by atomic mass is 19.4. The van der Waals surface area contributed by atoms with Crippen LogP contribution in [-0.4, -0.2) is 11.1 Å². The number of benzene rings is 2. The van der Waals surface area contributed by atoms with E-state index in [1.807, 2.05) is 5.32 Å². The molecule has 150 valence electrons. The van der Waals surface area contributed by atoms with Crippen LogP contribution in [0.25, 0.3) is 0 Å². The summed E-state index contributed by atoms with van der Waals surface area (Å²) < 4.78 is 80.1. The molecule has 0 atom stereocenters. The highest BCUT2D eigenvalue weighted by Crippen LogP contribution is 2.45. The number of ether oxygens (including phenoxy) is 2. The Morgan fingerprint density at radius 3 is 2.14 bits per heavy atom. The van der Waals surface area contributed by atoms with E-state index in [2.05, 4.69) is 9.40 Å². The Labute approximate surface area is 158 Å². The van der Waals surface area contributed by atoms with E-state index >= 15 is 0 Å². The highest BCUT2D eigenvalue weighted by Gasteiger charge is 2.36. The van der Waals surface area contributed by atoms with E-state index in [9.17, 15) is 26.7 Å². The summed E-state index contributed by atoms with van der Waals surface area (Å²) in [7, 11) is 0. The molecule has 11 heteroatoms. The molecule has 0 saturated heterocycles. The van der Waals surface area contributed by atoms with Gasteiger partial charge in [0, 0.05) is 23.3 Å². The average Bonchev–Trinajstić information content (AvgIpc) is 3.09. The van der Waals surface area contributed by atoms with Gasteiger partial charge >= 0.3 is 18.3 Å². The van der Waals surface area contributed by atoms with Crippen molar-refractivity contribution in [1.82, 2.24) is 4.98 Å². The lowest BCUT2D eigenvalue weighted by Crippen LogP contribution is -2.21. The number of nitrogens with zero attached hydrogens (tertiary/aromatic N) is 1. The fourth-order valence-corrected chi connectivity index (χ4v) is 2.72. The number of aromatic nitrogens is 1. The summed E-state index contributed by atoms with van der Waals surface area (Å²) in [5.74, 6) is -1.27. The quantitative estimate of drug-likeness (QED) is 0.570. The SMILES string of the molecule is O=C(Nc1nc(C(F)(F)F)co1)OC1c2ccc(F)cc2Oc2cc(F)ccc21. The molecule has 0 bridgehead atoms. The molecule has 1 amide bonds. The van der Waals surface area contributed by atoms with Crippen molar-refractivity contribution in [3.05, 3.63) is 71.1 Å². The first-order valence-corrected chi connectivity index (χ1v) is 7.98. The molecule has 0 spiro atoms. The summed E-state index contributed by atoms with van der Waals surface area (Å²) in [4.78, 5) is 15.3. The van der Waals surface area contributed by atoms with Gasteiger partial charge < -0.3 is 13.9 Å². The lowest BCUT2D eigenvalue weighted by molar-refractivity contribution is -0.141. The summed E-state index contributed by atoms with van der Waals surface area (Å²) in [6, 6.07) is 6.16. The maximum atomic E-state index is 13.5. The van der Waals surface area contributed by atoms with Crippen LogP contribution < -0.4 is 10.1 Å². The molecule has 2 aromatic carbocycles. The van der Waals surface area contributed by atoms with Crippen LogP contribution in [0.4, 0.5) is 32.8 Å². The van der Waals surface area contributed by atoms with Crippen LogP contribution >= 0.6 is 0 Å². The molecule has 0 saturated carbocycles. The van der Waals surface area contributed by atoms with Gasteiger partial charge in [-0.05, 0) is 24.3 Å². The van der Waals surface area contributed by atoms with Gasteiger partial charge in [-0.3, -0.25) is 0 Å². The highest BCUT2D eigenvalue weighted by molar-refractivity contribution is 5.82. The van der Waals surface area contributed by atoms with Gasteiger partial charge in [0.15, 0.2) is 11.8 Å². The van der Waals surface area contributed by atoms with E-state index < -0.39 is 41.7 Å². The second-order valence-electron chi connectivity index (χ2n) is 5.91. The number of halogens is 5. The smallest absolute Gasteiger partial charge is 0.436 e. The van der Waals surface area contributed by atoms with Gasteiger partial charge in [-0.15, -0.1) is 0 Å². The number of carbonyl (C=O) groups excluding carboxylic acids is 1. The molecule has 29 heavy (non-hydrogen) atoms. The van der Waals surface area contributed by atoms with Gasteiger partial charge in [-0.1, -0.05) is 0 Å². The first-order chi connectivity index (χ1) is 13.7. The molecule has 0 aliphatic carbocycles. The fraction of sp³-hybridized carbons (Fsp3) is 0.111. The van der Waals surface area contributed by atoms with Gasteiger partial charge in [0.25, 0.3) is 0 Å². The maximum Gasteiger partial charge on any atom is 0.436 e. The average molecular weight is 412 g/mol. The van der Waals surface area contributed by atoms with Crippen LogP contribution in [0.5, 0.6) is 11.5 Å². The molecule has 1 N–H and O–H groups in total. The van der Waals surface area contributed by atoms with E-state index in [0.717, 1.165) is 24.3 Å². The number of oxazole rings is 1. The number of hydrogen-bond donors (Lipinski definition) is 1. The van der Waals surface area contributed by atoms with Gasteiger partial charge in [0.2, 0.25) is 0 Å². The van der Waals surface area contributed by atoms with Crippen molar-refractivity contribution in [2.75, 3.05) is 5.32 Å². The Kier molecular flexibility index (Phi) is 4.36. The third kappa shape index (κ3) is 3.71. The second kappa shape index (κ2) is 6.76. The number of nitrogens with one attached hydrogen (secondary N) is 1. The van der Waals surface area contributed by atoms with Crippen LogP contribution in [-0.2, 0) is 10.9 Å². The standard InChI is InChI=1S/C18H9F5N2O4/c19-8-1-3-10-12(5-8)28-13-6-9(20)2-4-11(13)15(10)29-17(26)25-16-24-14(7-27-16)18(21,22)23/h1-7,15H,(H,24,25,26). The topological polar surface area (TPSA) is 73.6 Å². The molecular weight excluding hydrogens is 403 g/mol. The minimum atomic E-state index is -4.75. The molecule has 1 aliphatic rings. The molecule has 0 radical (unpaired) electrons. The lowest BCUT2D eigenvalue weighted by Gasteiger charge is -2.27. The van der Waals surface area contributed by atoms with E-state index in [0.29, 0.717) is 6.26 Å². The Morgan fingerprint density at radius 2 is 1.62 bits per heavy atom. The van der Waals surface area contributed by atoms with Crippen molar-refractivity contribution in [3.8, 4) is 11.5 Å². The third-order valence-corrected chi connectivity index (χ3v) is 3.96. The number of rotatable bonds is 2. The van der Waals surface area contributed by atoms with Gasteiger partial charge in [0.1, 0.15) is 29.4 Å². The van der Waals surface area contributed by atoms with Crippen LogP contribution in [0.15, 0.2) is 47.1 Å². The second-order valence-corrected chi connectivity index (χ2v) is 5.91. The van der Waals surface area contributed by atoms with Crippen molar-refractivity contribution in [2.24, 2.45) is 0 Å². The first-order valence-electron chi connectivity index (χ1n) is 7.98. The number of alkyl halides is 3. The van der Waals surface area contributed by atoms with Crippen molar-refractivity contribution in [1.29, 1.82) is 0 Å². The van der Waals surface area contributed by atoms with Crippen molar-refractivity contribution in [2.45, 2.75) is 12.3 Å². The van der Waals surface area contributed by atoms with Crippen molar-refractivity contribution < 1.29 is 40.6 Å². The fourth-order valence-electron chi connectivity index (χ4n) is 2.72. The molecule has 0 fully saturated rings. The predicted octanol–water partition coefficient (Wildman–Crippen LogP) is 5.42. The van der Waals surface area contributed by atoms with E-state index in [1.54, 1.807) is 0 Å². The number of hydrogen-bond acceptors (Lipinski definition) is 5. The third-order valence-electron chi connectivity index (χ3n) is 3.96. The summed E-state index contributed by atoms with van der Waals surface area (Å²) in [5, 5.41) is 1.94. The summed E-state index contributed by atoms with van der Waals surface area (Å²) >= 11 is 0. The molecular formula is C18H9F5N2O4. The first kappa shape index (κ1) is 18.7. The van der Waals surface area contributed by atoms with Gasteiger partial charge in [-0.25, -0.2) is 18.9 Å². The number of amides is 1. The molecule has 4 rings (SSSR count). The van der Waals surface area contributed by atoms with Crippen LogP contribution in [0.3, 0.4) is 0 Å². The molecule has 2 heterocycles. The minimum Gasteiger partial charge on any atom is -0.456 e. The Balaban J connectivity index is 1.61. The largest absolute Gasteiger partial charge is 0.456 e. The molecule has 6 nitrogen and oxygen atoms in total. The maximum absolute atomic E-state index is 13.5. The number of anilines is 1. The minimum absolute atomic E-state index is 0.00335. The Morgan fingerprint density at radius 1 is 1.03 bits per heavy atom. The van der Waals surface area contributed by atoms with Crippen LogP contribution in [0.1, 0.15) is 22.9 Å². The zero-order chi connectivity index (χ0) is 20.8. The van der Waals surface area contributed by atoms with Gasteiger partial charge in [0.05, 0.1) is 0 Å². The number of fused-ring (bicyclic) bond motifs is 2. The van der Waals surface area contributed by atoms with Gasteiger partial charge in [-0.2, -0.15) is 18.2 Å². The Bertz CT molecular complexity index is 1040. The molecule has 0 unspecified atom stereocenters. The Hall–Kier alpha value is -3.63. The van der Waals surface area contributed by atoms with Crippen LogP contribution in [0.2, 0.25) is 0 Å². The van der Waals surface area contributed by atoms with Crippen molar-refractivity contribution in [3.63, 3.8) is 0 Å².